The summed E-state index contributed by atoms with van der Waals surface area (Å²) in [5.41, 5.74) is 2.84. The molecule has 0 radical (unpaired) electrons. The molecule has 0 aliphatic heterocycles. The minimum absolute atomic E-state index is 0.259. The lowest BCUT2D eigenvalue weighted by Gasteiger charge is -2.40. The van der Waals surface area contributed by atoms with Crippen molar-refractivity contribution in [1.82, 2.24) is 23.1 Å². The van der Waals surface area contributed by atoms with Crippen molar-refractivity contribution < 1.29 is 0 Å². The van der Waals surface area contributed by atoms with Gasteiger partial charge in [0, 0.05) is 31.0 Å². The van der Waals surface area contributed by atoms with Crippen molar-refractivity contribution in [2.24, 2.45) is 18.4 Å². The van der Waals surface area contributed by atoms with E-state index in [4.69, 9.17) is 4.98 Å². The van der Waals surface area contributed by atoms with E-state index in [0.29, 0.717) is 29.7 Å². The SMILES string of the molecule is CCn1c(=O)c2c(nc3n([C@H]4C[C@H](C)CC(C)(C)C4)c(C)c(C)n23)n(C)c1=O. The minimum Gasteiger partial charge on any atom is -0.311 e. The van der Waals surface area contributed by atoms with E-state index in [9.17, 15) is 9.59 Å². The molecule has 0 unspecified atom stereocenters. The van der Waals surface area contributed by atoms with E-state index in [-0.39, 0.29) is 16.7 Å². The van der Waals surface area contributed by atoms with Gasteiger partial charge in [0.2, 0.25) is 5.78 Å². The molecule has 0 spiro atoms. The lowest BCUT2D eigenvalue weighted by Crippen LogP contribution is -2.38. The van der Waals surface area contributed by atoms with Crippen molar-refractivity contribution >= 4 is 16.9 Å². The number of aromatic nitrogens is 5. The third-order valence-corrected chi connectivity index (χ3v) is 6.61. The fourth-order valence-electron chi connectivity index (χ4n) is 5.48. The summed E-state index contributed by atoms with van der Waals surface area (Å²) >= 11 is 0. The van der Waals surface area contributed by atoms with Crippen LogP contribution in [0.3, 0.4) is 0 Å². The predicted molar refractivity (Wildman–Crippen MR) is 111 cm³/mol. The van der Waals surface area contributed by atoms with Gasteiger partial charge >= 0.3 is 5.69 Å². The van der Waals surface area contributed by atoms with Gasteiger partial charge < -0.3 is 4.57 Å². The molecule has 4 rings (SSSR count). The quantitative estimate of drug-likeness (QED) is 0.680. The van der Waals surface area contributed by atoms with Crippen LogP contribution >= 0.6 is 0 Å². The van der Waals surface area contributed by atoms with Crippen LogP contribution in [-0.2, 0) is 13.6 Å². The highest BCUT2D eigenvalue weighted by Crippen LogP contribution is 2.45. The second-order valence-corrected chi connectivity index (χ2v) is 9.42. The molecule has 3 aromatic rings. The van der Waals surface area contributed by atoms with Crippen LogP contribution in [0.25, 0.3) is 16.9 Å². The molecule has 0 bridgehead atoms. The molecule has 0 amide bonds. The Balaban J connectivity index is 2.08. The highest BCUT2D eigenvalue weighted by molar-refractivity contribution is 5.76. The van der Waals surface area contributed by atoms with E-state index in [0.717, 1.165) is 30.0 Å². The summed E-state index contributed by atoms with van der Waals surface area (Å²) < 4.78 is 7.06. The predicted octanol–water partition coefficient (Wildman–Crippen LogP) is 3.17. The van der Waals surface area contributed by atoms with Gasteiger partial charge in [-0.05, 0) is 51.4 Å². The first-order chi connectivity index (χ1) is 13.1. The van der Waals surface area contributed by atoms with Crippen molar-refractivity contribution in [3.8, 4) is 0 Å². The topological polar surface area (TPSA) is 66.2 Å². The molecule has 0 saturated heterocycles. The Labute approximate surface area is 164 Å². The normalized spacial score (nSPS) is 22.4. The number of fused-ring (bicyclic) bond motifs is 3. The second kappa shape index (κ2) is 6.09. The van der Waals surface area contributed by atoms with E-state index in [1.807, 2.05) is 18.2 Å². The Morgan fingerprint density at radius 2 is 1.82 bits per heavy atom. The third kappa shape index (κ3) is 2.51. The molecule has 2 atom stereocenters. The molecule has 3 aromatic heterocycles. The molecule has 1 aliphatic rings. The second-order valence-electron chi connectivity index (χ2n) is 9.42. The highest BCUT2D eigenvalue weighted by Gasteiger charge is 2.35. The van der Waals surface area contributed by atoms with Gasteiger partial charge in [0.1, 0.15) is 0 Å². The standard InChI is InChI=1S/C21H31N5O2/c1-8-24-18(27)16-17(23(7)20(24)28)22-19-25(13(3)14(4)26(16)19)15-9-12(2)10-21(5,6)11-15/h12,15H,8-11H2,1-7H3/t12-,15-/m0/s1. The van der Waals surface area contributed by atoms with E-state index in [2.05, 4.69) is 32.3 Å². The highest BCUT2D eigenvalue weighted by atomic mass is 16.2. The molecule has 7 nitrogen and oxygen atoms in total. The fourth-order valence-corrected chi connectivity index (χ4v) is 5.48. The van der Waals surface area contributed by atoms with Crippen molar-refractivity contribution in [3.63, 3.8) is 0 Å². The van der Waals surface area contributed by atoms with Crippen LogP contribution in [0.1, 0.15) is 64.4 Å². The molecule has 0 aromatic carbocycles. The van der Waals surface area contributed by atoms with Gasteiger partial charge in [-0.25, -0.2) is 4.79 Å². The maximum absolute atomic E-state index is 13.1. The van der Waals surface area contributed by atoms with E-state index < -0.39 is 0 Å². The average molecular weight is 386 g/mol. The maximum atomic E-state index is 13.1. The number of nitrogens with zero attached hydrogens (tertiary/aromatic N) is 5. The molecule has 1 aliphatic carbocycles. The largest absolute Gasteiger partial charge is 0.332 e. The van der Waals surface area contributed by atoms with Crippen LogP contribution in [0.5, 0.6) is 0 Å². The summed E-state index contributed by atoms with van der Waals surface area (Å²) in [6.45, 7) is 13.3. The maximum Gasteiger partial charge on any atom is 0.332 e. The summed E-state index contributed by atoms with van der Waals surface area (Å²) in [4.78, 5) is 30.5. The van der Waals surface area contributed by atoms with Gasteiger partial charge in [-0.1, -0.05) is 20.8 Å². The van der Waals surface area contributed by atoms with Gasteiger partial charge in [0.25, 0.3) is 5.56 Å². The molecular formula is C21H31N5O2. The van der Waals surface area contributed by atoms with E-state index in [1.165, 1.54) is 15.6 Å². The average Bonchev–Trinajstić information content (AvgIpc) is 3.08. The van der Waals surface area contributed by atoms with Crippen molar-refractivity contribution in [2.45, 2.75) is 73.4 Å². The smallest absolute Gasteiger partial charge is 0.311 e. The number of hydrogen-bond acceptors (Lipinski definition) is 3. The van der Waals surface area contributed by atoms with Crippen molar-refractivity contribution in [1.29, 1.82) is 0 Å². The minimum atomic E-state index is -0.311. The van der Waals surface area contributed by atoms with Crippen molar-refractivity contribution in [3.05, 3.63) is 32.2 Å². The molecule has 3 heterocycles. The molecule has 152 valence electrons. The molecule has 0 N–H and O–H groups in total. The Morgan fingerprint density at radius 3 is 2.43 bits per heavy atom. The summed E-state index contributed by atoms with van der Waals surface area (Å²) in [5, 5.41) is 0. The zero-order valence-corrected chi connectivity index (χ0v) is 18.0. The molecular weight excluding hydrogens is 354 g/mol. The van der Waals surface area contributed by atoms with E-state index >= 15 is 0 Å². The van der Waals surface area contributed by atoms with Crippen LogP contribution in [0.2, 0.25) is 0 Å². The van der Waals surface area contributed by atoms with Gasteiger partial charge in [-0.3, -0.25) is 18.3 Å². The number of hydrogen-bond donors (Lipinski definition) is 0. The first-order valence-electron chi connectivity index (χ1n) is 10.3. The molecule has 1 fully saturated rings. The first kappa shape index (κ1) is 19.0. The Morgan fingerprint density at radius 1 is 1.14 bits per heavy atom. The first-order valence-corrected chi connectivity index (χ1v) is 10.3. The van der Waals surface area contributed by atoms with Crippen molar-refractivity contribution in [2.75, 3.05) is 0 Å². The van der Waals surface area contributed by atoms with Gasteiger partial charge in [0.05, 0.1) is 0 Å². The number of aryl methyl sites for hydroxylation is 2. The summed E-state index contributed by atoms with van der Waals surface area (Å²) in [7, 11) is 1.70. The van der Waals surface area contributed by atoms with Gasteiger partial charge in [-0.2, -0.15) is 4.98 Å². The Bertz CT molecular complexity index is 1200. The summed E-state index contributed by atoms with van der Waals surface area (Å²) in [6, 6.07) is 0.345. The molecule has 1 saturated carbocycles. The summed E-state index contributed by atoms with van der Waals surface area (Å²) in [5.74, 6) is 1.42. The van der Waals surface area contributed by atoms with E-state index in [1.54, 1.807) is 7.05 Å². The molecule has 28 heavy (non-hydrogen) atoms. The molecule has 7 heteroatoms. The van der Waals surface area contributed by atoms with Crippen LogP contribution in [0.15, 0.2) is 9.59 Å². The van der Waals surface area contributed by atoms with Gasteiger partial charge in [-0.15, -0.1) is 0 Å². The van der Waals surface area contributed by atoms with Crippen LogP contribution < -0.4 is 11.2 Å². The lowest BCUT2D eigenvalue weighted by molar-refractivity contribution is 0.138. The monoisotopic (exact) mass is 385 g/mol. The lowest BCUT2D eigenvalue weighted by atomic mass is 9.70. The number of imidazole rings is 2. The summed E-state index contributed by atoms with van der Waals surface area (Å²) in [6.07, 6.45) is 3.42. The van der Waals surface area contributed by atoms with Crippen LogP contribution in [0, 0.1) is 25.2 Å². The van der Waals surface area contributed by atoms with Crippen LogP contribution in [0.4, 0.5) is 0 Å². The third-order valence-electron chi connectivity index (χ3n) is 6.61. The zero-order chi connectivity index (χ0) is 20.5. The Kier molecular flexibility index (Phi) is 4.14. The Hall–Kier alpha value is -2.31. The van der Waals surface area contributed by atoms with Gasteiger partial charge in [0.15, 0.2) is 11.2 Å². The zero-order valence-electron chi connectivity index (χ0n) is 18.0. The van der Waals surface area contributed by atoms with Crippen LogP contribution in [-0.4, -0.2) is 23.1 Å². The fraction of sp³-hybridized carbons (Fsp3) is 0.667. The number of rotatable bonds is 2.